The minimum atomic E-state index is -0.964. The highest BCUT2D eigenvalue weighted by atomic mass is 32.2. The summed E-state index contributed by atoms with van der Waals surface area (Å²) in [4.78, 5) is 23.7. The third kappa shape index (κ3) is 5.55. The molecule has 0 spiro atoms. The van der Waals surface area contributed by atoms with Gasteiger partial charge in [-0.15, -0.1) is 23.1 Å². The first-order chi connectivity index (χ1) is 8.63. The molecular formula is C12H17NO3S2. The molecule has 0 aliphatic rings. The molecule has 1 aromatic rings. The minimum Gasteiger partial charge on any atom is -0.480 e. The topological polar surface area (TPSA) is 66.4 Å². The Hall–Kier alpha value is -1.01. The second-order valence-electron chi connectivity index (χ2n) is 3.82. The molecular weight excluding hydrogens is 270 g/mol. The van der Waals surface area contributed by atoms with Crippen LogP contribution in [0.3, 0.4) is 0 Å². The predicted molar refractivity (Wildman–Crippen MR) is 75.0 cm³/mol. The van der Waals surface area contributed by atoms with Crippen LogP contribution < -0.4 is 5.32 Å². The fourth-order valence-electron chi connectivity index (χ4n) is 1.42. The number of nitrogens with one attached hydrogen (secondary N) is 1. The smallest absolute Gasteiger partial charge is 0.326 e. The summed E-state index contributed by atoms with van der Waals surface area (Å²) in [6, 6.07) is 3.24. The average molecular weight is 287 g/mol. The van der Waals surface area contributed by atoms with E-state index in [1.165, 1.54) is 16.6 Å². The number of carboxylic acid groups (broad SMARTS) is 1. The molecule has 0 aromatic carbocycles. The van der Waals surface area contributed by atoms with Gasteiger partial charge in [0, 0.05) is 10.6 Å². The number of amides is 1. The Labute approximate surface area is 115 Å². The second kappa shape index (κ2) is 8.16. The summed E-state index contributed by atoms with van der Waals surface area (Å²) in [5, 5.41) is 13.4. The summed E-state index contributed by atoms with van der Waals surface area (Å²) in [5.41, 5.74) is 0. The van der Waals surface area contributed by atoms with Gasteiger partial charge in [-0.05, 0) is 17.9 Å². The SMILES string of the molecule is CCC[C@@H](NC(=O)CSCc1cccs1)C(=O)O. The van der Waals surface area contributed by atoms with Gasteiger partial charge in [-0.25, -0.2) is 4.79 Å². The van der Waals surface area contributed by atoms with Crippen molar-refractivity contribution >= 4 is 35.0 Å². The molecule has 0 bridgehead atoms. The summed E-state index contributed by atoms with van der Waals surface area (Å²) in [6.45, 7) is 1.90. The van der Waals surface area contributed by atoms with Gasteiger partial charge < -0.3 is 10.4 Å². The van der Waals surface area contributed by atoms with Crippen LogP contribution in [0, 0.1) is 0 Å². The molecule has 4 nitrogen and oxygen atoms in total. The number of hydrogen-bond donors (Lipinski definition) is 2. The van der Waals surface area contributed by atoms with Crippen molar-refractivity contribution in [2.24, 2.45) is 0 Å². The van der Waals surface area contributed by atoms with Crippen LogP contribution in [-0.4, -0.2) is 28.8 Å². The molecule has 1 atom stereocenters. The number of aliphatic carboxylic acids is 1. The van der Waals surface area contributed by atoms with E-state index < -0.39 is 12.0 Å². The third-order valence-electron chi connectivity index (χ3n) is 2.27. The van der Waals surface area contributed by atoms with Crippen LogP contribution in [0.2, 0.25) is 0 Å². The van der Waals surface area contributed by atoms with Crippen molar-refractivity contribution in [3.8, 4) is 0 Å². The van der Waals surface area contributed by atoms with E-state index in [0.717, 1.165) is 12.2 Å². The molecule has 18 heavy (non-hydrogen) atoms. The zero-order chi connectivity index (χ0) is 13.4. The van der Waals surface area contributed by atoms with E-state index in [0.29, 0.717) is 12.2 Å². The molecule has 2 N–H and O–H groups in total. The maximum absolute atomic E-state index is 11.6. The number of carbonyl (C=O) groups excluding carboxylic acids is 1. The monoisotopic (exact) mass is 287 g/mol. The van der Waals surface area contributed by atoms with E-state index in [4.69, 9.17) is 5.11 Å². The summed E-state index contributed by atoms with van der Waals surface area (Å²) in [5.74, 6) is -0.0898. The van der Waals surface area contributed by atoms with E-state index in [-0.39, 0.29) is 5.91 Å². The average Bonchev–Trinajstić information content (AvgIpc) is 2.81. The summed E-state index contributed by atoms with van der Waals surface area (Å²) in [6.07, 6.45) is 1.20. The second-order valence-corrected chi connectivity index (χ2v) is 5.84. The first-order valence-electron chi connectivity index (χ1n) is 5.75. The van der Waals surface area contributed by atoms with Crippen molar-refractivity contribution in [3.05, 3.63) is 22.4 Å². The molecule has 1 heterocycles. The molecule has 0 saturated carbocycles. The largest absolute Gasteiger partial charge is 0.480 e. The van der Waals surface area contributed by atoms with Crippen LogP contribution in [-0.2, 0) is 15.3 Å². The van der Waals surface area contributed by atoms with Crippen molar-refractivity contribution < 1.29 is 14.7 Å². The zero-order valence-electron chi connectivity index (χ0n) is 10.2. The number of thiophene rings is 1. The molecule has 0 aliphatic carbocycles. The molecule has 0 aliphatic heterocycles. The molecule has 0 fully saturated rings. The van der Waals surface area contributed by atoms with Gasteiger partial charge in [0.15, 0.2) is 0 Å². The van der Waals surface area contributed by atoms with Crippen molar-refractivity contribution in [1.29, 1.82) is 0 Å². The number of hydrogen-bond acceptors (Lipinski definition) is 4. The Balaban J connectivity index is 2.25. The van der Waals surface area contributed by atoms with Gasteiger partial charge in [0.05, 0.1) is 5.75 Å². The minimum absolute atomic E-state index is 0.211. The normalized spacial score (nSPS) is 12.1. The predicted octanol–water partition coefficient (Wildman–Crippen LogP) is 2.35. The highest BCUT2D eigenvalue weighted by molar-refractivity contribution is 7.99. The molecule has 1 amide bonds. The van der Waals surface area contributed by atoms with Crippen molar-refractivity contribution in [1.82, 2.24) is 5.32 Å². The fraction of sp³-hybridized carbons (Fsp3) is 0.500. The molecule has 6 heteroatoms. The summed E-state index contributed by atoms with van der Waals surface area (Å²) >= 11 is 3.15. The lowest BCUT2D eigenvalue weighted by Crippen LogP contribution is -2.41. The molecule has 1 aromatic heterocycles. The van der Waals surface area contributed by atoms with Gasteiger partial charge in [0.25, 0.3) is 0 Å². The zero-order valence-corrected chi connectivity index (χ0v) is 11.9. The Kier molecular flexibility index (Phi) is 6.82. The van der Waals surface area contributed by atoms with Crippen LogP contribution in [0.25, 0.3) is 0 Å². The highest BCUT2D eigenvalue weighted by Crippen LogP contribution is 2.16. The molecule has 0 saturated heterocycles. The Morgan fingerprint density at radius 1 is 1.56 bits per heavy atom. The van der Waals surface area contributed by atoms with Crippen LogP contribution in [0.4, 0.5) is 0 Å². The Morgan fingerprint density at radius 3 is 2.89 bits per heavy atom. The van der Waals surface area contributed by atoms with Crippen molar-refractivity contribution in [2.45, 2.75) is 31.6 Å². The maximum Gasteiger partial charge on any atom is 0.326 e. The lowest BCUT2D eigenvalue weighted by atomic mass is 10.2. The molecule has 0 radical (unpaired) electrons. The van der Waals surface area contributed by atoms with Crippen molar-refractivity contribution in [2.75, 3.05) is 5.75 Å². The van der Waals surface area contributed by atoms with Crippen LogP contribution >= 0.6 is 23.1 Å². The van der Waals surface area contributed by atoms with E-state index in [2.05, 4.69) is 5.32 Å². The quantitative estimate of drug-likeness (QED) is 0.770. The Morgan fingerprint density at radius 2 is 2.33 bits per heavy atom. The standard InChI is InChI=1S/C12H17NO3S2/c1-2-4-10(12(15)16)13-11(14)8-17-7-9-5-3-6-18-9/h3,5-6,10H,2,4,7-8H2,1H3,(H,13,14)(H,15,16)/t10-/m1/s1. The number of carboxylic acids is 1. The van der Waals surface area contributed by atoms with E-state index >= 15 is 0 Å². The number of thioether (sulfide) groups is 1. The molecule has 0 unspecified atom stereocenters. The molecule has 100 valence electrons. The lowest BCUT2D eigenvalue weighted by molar-refractivity contribution is -0.141. The lowest BCUT2D eigenvalue weighted by Gasteiger charge is -2.13. The van der Waals surface area contributed by atoms with Crippen LogP contribution in [0.1, 0.15) is 24.6 Å². The number of carbonyl (C=O) groups is 2. The number of rotatable bonds is 8. The van der Waals surface area contributed by atoms with Gasteiger partial charge in [0.2, 0.25) is 5.91 Å². The highest BCUT2D eigenvalue weighted by Gasteiger charge is 2.18. The van der Waals surface area contributed by atoms with E-state index in [1.807, 2.05) is 24.4 Å². The van der Waals surface area contributed by atoms with E-state index in [9.17, 15) is 9.59 Å². The maximum atomic E-state index is 11.6. The fourth-order valence-corrected chi connectivity index (χ4v) is 3.10. The first kappa shape index (κ1) is 15.0. The van der Waals surface area contributed by atoms with Crippen molar-refractivity contribution in [3.63, 3.8) is 0 Å². The van der Waals surface area contributed by atoms with Crippen LogP contribution in [0.5, 0.6) is 0 Å². The van der Waals surface area contributed by atoms with Gasteiger partial charge in [-0.1, -0.05) is 19.4 Å². The van der Waals surface area contributed by atoms with Gasteiger partial charge in [-0.2, -0.15) is 0 Å². The molecule has 1 rings (SSSR count). The summed E-state index contributed by atoms with van der Waals surface area (Å²) in [7, 11) is 0. The summed E-state index contributed by atoms with van der Waals surface area (Å²) < 4.78 is 0. The van der Waals surface area contributed by atoms with Gasteiger partial charge in [0.1, 0.15) is 6.04 Å². The first-order valence-corrected chi connectivity index (χ1v) is 7.79. The van der Waals surface area contributed by atoms with Crippen LogP contribution in [0.15, 0.2) is 17.5 Å². The van der Waals surface area contributed by atoms with E-state index in [1.54, 1.807) is 11.3 Å². The third-order valence-corrected chi connectivity index (χ3v) is 4.31. The van der Waals surface area contributed by atoms with Gasteiger partial charge >= 0.3 is 5.97 Å². The van der Waals surface area contributed by atoms with Gasteiger partial charge in [-0.3, -0.25) is 4.79 Å². The Bertz CT molecular complexity index is 379.